The van der Waals surface area contributed by atoms with Gasteiger partial charge in [-0.25, -0.2) is 18.7 Å². The minimum Gasteiger partial charge on any atom is -0.494 e. The molecular weight excluding hydrogens is 592 g/mol. The maximum absolute atomic E-state index is 14.1. The van der Waals surface area contributed by atoms with Gasteiger partial charge in [0.05, 0.1) is 18.1 Å². The third kappa shape index (κ3) is 8.31. The summed E-state index contributed by atoms with van der Waals surface area (Å²) < 4.78 is 43.3. The fourth-order valence-electron chi connectivity index (χ4n) is 5.94. The summed E-state index contributed by atoms with van der Waals surface area (Å²) in [6.07, 6.45) is 3.89. The molecule has 1 unspecified atom stereocenters. The Hall–Kier alpha value is -3.28. The summed E-state index contributed by atoms with van der Waals surface area (Å²) in [5, 5.41) is 0. The molecule has 2 fully saturated rings. The largest absolute Gasteiger partial charge is 0.494 e. The molecular formula is C35H44N2O7S. The van der Waals surface area contributed by atoms with Crippen molar-refractivity contribution in [3.05, 3.63) is 84.4 Å². The summed E-state index contributed by atoms with van der Waals surface area (Å²) in [6, 6.07) is 25.2. The number of rotatable bonds is 14. The quantitative estimate of drug-likeness (QED) is 0.191. The first kappa shape index (κ1) is 33.1. The molecule has 9 nitrogen and oxygen atoms in total. The number of methoxy groups -OCH3 is 1. The molecule has 0 spiro atoms. The van der Waals surface area contributed by atoms with E-state index in [0.717, 1.165) is 25.7 Å². The molecule has 2 aliphatic heterocycles. The van der Waals surface area contributed by atoms with Crippen LogP contribution in [0.3, 0.4) is 0 Å². The number of aryl methyl sites for hydroxylation is 1. The normalized spacial score (nSPS) is 18.7. The second kappa shape index (κ2) is 15.8. The summed E-state index contributed by atoms with van der Waals surface area (Å²) in [4.78, 5) is 21.4. The second-order valence-electron chi connectivity index (χ2n) is 11.7. The average molecular weight is 637 g/mol. The first-order chi connectivity index (χ1) is 21.9. The van der Waals surface area contributed by atoms with Crippen LogP contribution in [-0.2, 0) is 35.4 Å². The lowest BCUT2D eigenvalue weighted by molar-refractivity contribution is -0.202. The zero-order chi connectivity index (χ0) is 31.5. The van der Waals surface area contributed by atoms with Gasteiger partial charge in [-0.2, -0.15) is 0 Å². The van der Waals surface area contributed by atoms with E-state index in [0.29, 0.717) is 51.6 Å². The number of nitrogens with zero attached hydrogens (tertiary/aromatic N) is 1. The highest BCUT2D eigenvalue weighted by Gasteiger charge is 2.53. The Morgan fingerprint density at radius 2 is 1.71 bits per heavy atom. The fourth-order valence-corrected chi connectivity index (χ4v) is 7.89. The van der Waals surface area contributed by atoms with Gasteiger partial charge in [0.1, 0.15) is 5.75 Å². The lowest BCUT2D eigenvalue weighted by Crippen LogP contribution is -2.58. The van der Waals surface area contributed by atoms with Gasteiger partial charge in [0.25, 0.3) is 5.91 Å². The van der Waals surface area contributed by atoms with Gasteiger partial charge in [0.15, 0.2) is 20.9 Å². The monoisotopic (exact) mass is 636 g/mol. The van der Waals surface area contributed by atoms with Crippen LogP contribution in [0.15, 0.2) is 83.8 Å². The second-order valence-corrected chi connectivity index (χ2v) is 13.9. The molecule has 1 amide bonds. The molecule has 1 atom stereocenters. The molecule has 0 aromatic heterocycles. The zero-order valence-electron chi connectivity index (χ0n) is 26.0. The van der Waals surface area contributed by atoms with Crippen LogP contribution >= 0.6 is 0 Å². The van der Waals surface area contributed by atoms with Gasteiger partial charge in [-0.15, -0.1) is 0 Å². The highest BCUT2D eigenvalue weighted by Crippen LogP contribution is 2.37. The SMILES string of the molecule is COCCN1CCC(C(=O)NOC2CCCCO2)(S(=O)(=O)c2ccc(OCCCc3cccc(-c4ccccc4)c3)cc2)CC1. The number of likely N-dealkylation sites (tertiary alicyclic amines) is 1. The van der Waals surface area contributed by atoms with Crippen molar-refractivity contribution < 1.29 is 32.3 Å². The van der Waals surface area contributed by atoms with Gasteiger partial charge in [0.2, 0.25) is 0 Å². The number of piperidine rings is 1. The predicted octanol–water partition coefficient (Wildman–Crippen LogP) is 5.19. The molecule has 1 N–H and O–H groups in total. The molecule has 0 bridgehead atoms. The smallest absolute Gasteiger partial charge is 0.265 e. The van der Waals surface area contributed by atoms with E-state index in [1.54, 1.807) is 19.2 Å². The highest BCUT2D eigenvalue weighted by atomic mass is 32.2. The van der Waals surface area contributed by atoms with Crippen molar-refractivity contribution >= 4 is 15.7 Å². The molecule has 5 rings (SSSR count). The Kier molecular flexibility index (Phi) is 11.6. The van der Waals surface area contributed by atoms with Crippen LogP contribution in [0.5, 0.6) is 5.75 Å². The lowest BCUT2D eigenvalue weighted by atomic mass is 9.95. The Balaban J connectivity index is 1.21. The Morgan fingerprint density at radius 3 is 2.42 bits per heavy atom. The minimum atomic E-state index is -4.07. The van der Waals surface area contributed by atoms with Crippen LogP contribution in [0, 0.1) is 0 Å². The van der Waals surface area contributed by atoms with Crippen molar-refractivity contribution in [2.24, 2.45) is 0 Å². The molecule has 3 aromatic carbocycles. The predicted molar refractivity (Wildman–Crippen MR) is 172 cm³/mol. The molecule has 0 radical (unpaired) electrons. The van der Waals surface area contributed by atoms with Crippen molar-refractivity contribution in [3.63, 3.8) is 0 Å². The lowest BCUT2D eigenvalue weighted by Gasteiger charge is -2.40. The van der Waals surface area contributed by atoms with Gasteiger partial charge in [-0.3, -0.25) is 4.79 Å². The first-order valence-corrected chi connectivity index (χ1v) is 17.3. The first-order valence-electron chi connectivity index (χ1n) is 15.8. The van der Waals surface area contributed by atoms with Gasteiger partial charge >= 0.3 is 0 Å². The van der Waals surface area contributed by atoms with E-state index in [2.05, 4.69) is 46.8 Å². The van der Waals surface area contributed by atoms with Crippen LogP contribution in [-0.4, -0.2) is 76.8 Å². The Bertz CT molecular complexity index is 1470. The van der Waals surface area contributed by atoms with Crippen LogP contribution < -0.4 is 10.2 Å². The van der Waals surface area contributed by atoms with E-state index in [-0.39, 0.29) is 17.7 Å². The average Bonchev–Trinajstić information content (AvgIpc) is 3.09. The molecule has 0 aliphatic carbocycles. The van der Waals surface area contributed by atoms with Crippen molar-refractivity contribution in [1.29, 1.82) is 0 Å². The fraction of sp³-hybridized carbons (Fsp3) is 0.457. The molecule has 45 heavy (non-hydrogen) atoms. The van der Waals surface area contributed by atoms with Crippen molar-refractivity contribution in [1.82, 2.24) is 10.4 Å². The van der Waals surface area contributed by atoms with Gasteiger partial charge in [0, 0.05) is 39.8 Å². The molecule has 3 aromatic rings. The number of hydroxylamine groups is 1. The summed E-state index contributed by atoms with van der Waals surface area (Å²) in [5.41, 5.74) is 6.07. The summed E-state index contributed by atoms with van der Waals surface area (Å²) >= 11 is 0. The molecule has 242 valence electrons. The molecule has 2 saturated heterocycles. The number of benzene rings is 3. The van der Waals surface area contributed by atoms with Gasteiger partial charge in [-0.05, 0) is 79.5 Å². The number of hydrogen-bond acceptors (Lipinski definition) is 8. The molecule has 2 aliphatic rings. The third-order valence-corrected chi connectivity index (χ3v) is 11.2. The van der Waals surface area contributed by atoms with Gasteiger partial charge in [-0.1, -0.05) is 54.6 Å². The number of nitrogens with one attached hydrogen (secondary N) is 1. The van der Waals surface area contributed by atoms with E-state index in [1.165, 1.54) is 28.8 Å². The maximum atomic E-state index is 14.1. The zero-order valence-corrected chi connectivity index (χ0v) is 26.8. The van der Waals surface area contributed by atoms with E-state index < -0.39 is 26.8 Å². The van der Waals surface area contributed by atoms with Crippen LogP contribution in [0.1, 0.15) is 44.1 Å². The summed E-state index contributed by atoms with van der Waals surface area (Å²) in [7, 11) is -2.44. The summed E-state index contributed by atoms with van der Waals surface area (Å²) in [5.74, 6) is -0.0719. The number of amides is 1. The number of ether oxygens (including phenoxy) is 3. The standard InChI is InChI=1S/C35H44N2O7S/c1-41-26-23-37-21-19-35(20-22-37,34(38)36-44-33-14-5-6-24-43-33)45(39,40)32-17-15-31(16-18-32)42-25-8-10-28-9-7-13-30(27-28)29-11-3-2-4-12-29/h2-4,7,9,11-13,15-18,27,33H,5-6,8,10,14,19-26H2,1H3,(H,36,38). The Labute approximate surface area is 266 Å². The topological polar surface area (TPSA) is 103 Å². The van der Waals surface area contributed by atoms with Gasteiger partial charge < -0.3 is 19.1 Å². The summed E-state index contributed by atoms with van der Waals surface area (Å²) in [6.45, 7) is 3.15. The van der Waals surface area contributed by atoms with Crippen LogP contribution in [0.25, 0.3) is 11.1 Å². The van der Waals surface area contributed by atoms with E-state index in [4.69, 9.17) is 19.0 Å². The molecule has 10 heteroatoms. The van der Waals surface area contributed by atoms with Crippen LogP contribution in [0.4, 0.5) is 0 Å². The van der Waals surface area contributed by atoms with Crippen molar-refractivity contribution in [2.75, 3.05) is 46.6 Å². The van der Waals surface area contributed by atoms with Crippen LogP contribution in [0.2, 0.25) is 0 Å². The van der Waals surface area contributed by atoms with E-state index >= 15 is 0 Å². The Morgan fingerprint density at radius 1 is 0.956 bits per heavy atom. The molecule has 0 saturated carbocycles. The number of carbonyl (C=O) groups excluding carboxylic acids is 1. The third-order valence-electron chi connectivity index (χ3n) is 8.67. The number of carbonyl (C=O) groups is 1. The number of hydrogen-bond donors (Lipinski definition) is 1. The van der Waals surface area contributed by atoms with E-state index in [1.807, 2.05) is 18.2 Å². The van der Waals surface area contributed by atoms with Crippen molar-refractivity contribution in [2.45, 2.75) is 60.9 Å². The highest BCUT2D eigenvalue weighted by molar-refractivity contribution is 7.93. The van der Waals surface area contributed by atoms with Crippen molar-refractivity contribution in [3.8, 4) is 16.9 Å². The maximum Gasteiger partial charge on any atom is 0.265 e. The molecule has 2 heterocycles. The minimum absolute atomic E-state index is 0.0852. The van der Waals surface area contributed by atoms with E-state index in [9.17, 15) is 13.2 Å². The number of sulfone groups is 1.